The van der Waals surface area contributed by atoms with Crippen LogP contribution in [0.4, 0.5) is 0 Å². The van der Waals surface area contributed by atoms with E-state index in [-0.39, 0.29) is 0 Å². The number of hydrogen-bond acceptors (Lipinski definition) is 3. The van der Waals surface area contributed by atoms with Crippen LogP contribution >= 0.6 is 11.8 Å². The van der Waals surface area contributed by atoms with Crippen molar-refractivity contribution in [3.05, 3.63) is 42.1 Å². The zero-order chi connectivity index (χ0) is 12.1. The Morgan fingerprint density at radius 3 is 3.06 bits per heavy atom. The van der Waals surface area contributed by atoms with Crippen molar-refractivity contribution in [3.8, 4) is 0 Å². The van der Waals surface area contributed by atoms with Crippen molar-refractivity contribution in [1.82, 2.24) is 10.3 Å². The van der Waals surface area contributed by atoms with E-state index in [1.54, 1.807) is 0 Å². The van der Waals surface area contributed by atoms with Crippen LogP contribution in [0.2, 0.25) is 0 Å². The van der Waals surface area contributed by atoms with Gasteiger partial charge in [-0.1, -0.05) is 12.1 Å². The normalized spacial score (nSPS) is 12.8. The van der Waals surface area contributed by atoms with Crippen molar-refractivity contribution < 1.29 is 0 Å². The Balaban J connectivity index is 2.04. The second-order valence-electron chi connectivity index (χ2n) is 4.27. The van der Waals surface area contributed by atoms with Crippen LogP contribution in [-0.4, -0.2) is 23.0 Å². The monoisotopic (exact) mass is 246 g/mol. The van der Waals surface area contributed by atoms with Gasteiger partial charge < -0.3 is 5.32 Å². The summed E-state index contributed by atoms with van der Waals surface area (Å²) in [5, 5.41) is 4.74. The minimum absolute atomic E-state index is 0.551. The molecule has 1 aromatic heterocycles. The average Bonchev–Trinajstić information content (AvgIpc) is 2.36. The van der Waals surface area contributed by atoms with E-state index in [0.29, 0.717) is 6.04 Å². The Morgan fingerprint density at radius 1 is 1.35 bits per heavy atom. The Bertz CT molecular complexity index is 484. The summed E-state index contributed by atoms with van der Waals surface area (Å²) in [6, 6.07) is 11.1. The maximum atomic E-state index is 4.32. The van der Waals surface area contributed by atoms with Crippen molar-refractivity contribution in [1.29, 1.82) is 0 Å². The van der Waals surface area contributed by atoms with Gasteiger partial charge in [0, 0.05) is 29.9 Å². The van der Waals surface area contributed by atoms with E-state index < -0.39 is 0 Å². The Kier molecular flexibility index (Phi) is 4.40. The first-order valence-corrected chi connectivity index (χ1v) is 7.25. The summed E-state index contributed by atoms with van der Waals surface area (Å²) in [6.45, 7) is 3.14. The summed E-state index contributed by atoms with van der Waals surface area (Å²) < 4.78 is 0. The molecule has 90 valence electrons. The van der Waals surface area contributed by atoms with Crippen molar-refractivity contribution in [2.45, 2.75) is 19.5 Å². The minimum Gasteiger partial charge on any atom is -0.309 e. The lowest BCUT2D eigenvalue weighted by Gasteiger charge is -2.12. The lowest BCUT2D eigenvalue weighted by Crippen LogP contribution is -2.27. The van der Waals surface area contributed by atoms with E-state index in [1.807, 2.05) is 24.0 Å². The predicted octanol–water partition coefficient (Wildman–Crippen LogP) is 3.08. The van der Waals surface area contributed by atoms with Crippen molar-refractivity contribution in [2.24, 2.45) is 0 Å². The second kappa shape index (κ2) is 6.03. The van der Waals surface area contributed by atoms with Gasteiger partial charge >= 0.3 is 0 Å². The standard InChI is InChI=1S/C14H18N2S/c1-11(10-17-2)16-9-12-5-6-14-13(8-12)4-3-7-15-14/h3-8,11,16H,9-10H2,1-2H3. The van der Waals surface area contributed by atoms with E-state index in [0.717, 1.165) is 17.8 Å². The average molecular weight is 246 g/mol. The number of rotatable bonds is 5. The highest BCUT2D eigenvalue weighted by Gasteiger charge is 2.01. The molecular weight excluding hydrogens is 228 g/mol. The third-order valence-electron chi connectivity index (χ3n) is 2.74. The quantitative estimate of drug-likeness (QED) is 0.877. The number of aromatic nitrogens is 1. The molecule has 3 heteroatoms. The first kappa shape index (κ1) is 12.4. The summed E-state index contributed by atoms with van der Waals surface area (Å²) >= 11 is 1.87. The third kappa shape index (κ3) is 3.45. The van der Waals surface area contributed by atoms with E-state index in [2.05, 4.69) is 47.7 Å². The van der Waals surface area contributed by atoms with E-state index in [9.17, 15) is 0 Å². The van der Waals surface area contributed by atoms with Gasteiger partial charge in [-0.3, -0.25) is 4.98 Å². The van der Waals surface area contributed by atoms with Gasteiger partial charge in [0.05, 0.1) is 5.52 Å². The van der Waals surface area contributed by atoms with Crippen LogP contribution in [0.25, 0.3) is 10.9 Å². The van der Waals surface area contributed by atoms with Crippen LogP contribution < -0.4 is 5.32 Å². The molecule has 0 aliphatic heterocycles. The molecule has 0 saturated heterocycles. The molecule has 1 heterocycles. The van der Waals surface area contributed by atoms with E-state index >= 15 is 0 Å². The SMILES string of the molecule is CSCC(C)NCc1ccc2ncccc2c1. The molecule has 1 aromatic carbocycles. The molecule has 2 nitrogen and oxygen atoms in total. The van der Waals surface area contributed by atoms with Crippen LogP contribution in [0.3, 0.4) is 0 Å². The summed E-state index contributed by atoms with van der Waals surface area (Å²) in [5.41, 5.74) is 2.38. The topological polar surface area (TPSA) is 24.9 Å². The number of nitrogens with zero attached hydrogens (tertiary/aromatic N) is 1. The Hall–Kier alpha value is -1.06. The van der Waals surface area contributed by atoms with Crippen LogP contribution in [0.1, 0.15) is 12.5 Å². The van der Waals surface area contributed by atoms with Gasteiger partial charge in [0.2, 0.25) is 0 Å². The third-order valence-corrected chi connectivity index (χ3v) is 3.57. The summed E-state index contributed by atoms with van der Waals surface area (Å²) in [6.07, 6.45) is 3.97. The fraction of sp³-hybridized carbons (Fsp3) is 0.357. The molecule has 1 N–H and O–H groups in total. The number of thioether (sulfide) groups is 1. The number of hydrogen-bond donors (Lipinski definition) is 1. The largest absolute Gasteiger partial charge is 0.309 e. The Morgan fingerprint density at radius 2 is 2.24 bits per heavy atom. The molecule has 1 unspecified atom stereocenters. The van der Waals surface area contributed by atoms with Crippen LogP contribution in [0.5, 0.6) is 0 Å². The van der Waals surface area contributed by atoms with Gasteiger partial charge in [0.1, 0.15) is 0 Å². The van der Waals surface area contributed by atoms with Gasteiger partial charge in [0.25, 0.3) is 0 Å². The molecule has 1 atom stereocenters. The molecule has 0 spiro atoms. The molecule has 17 heavy (non-hydrogen) atoms. The van der Waals surface area contributed by atoms with E-state index in [4.69, 9.17) is 0 Å². The van der Waals surface area contributed by atoms with Crippen molar-refractivity contribution in [3.63, 3.8) is 0 Å². The number of pyridine rings is 1. The van der Waals surface area contributed by atoms with E-state index in [1.165, 1.54) is 10.9 Å². The summed E-state index contributed by atoms with van der Waals surface area (Å²) in [5.74, 6) is 1.15. The van der Waals surface area contributed by atoms with Crippen molar-refractivity contribution >= 4 is 22.7 Å². The van der Waals surface area contributed by atoms with Gasteiger partial charge in [-0.25, -0.2) is 0 Å². The molecule has 0 aliphatic carbocycles. The zero-order valence-corrected chi connectivity index (χ0v) is 11.1. The number of nitrogens with one attached hydrogen (secondary N) is 1. The van der Waals surface area contributed by atoms with Gasteiger partial charge in [-0.05, 0) is 36.9 Å². The second-order valence-corrected chi connectivity index (χ2v) is 5.18. The number of fused-ring (bicyclic) bond motifs is 1. The number of benzene rings is 1. The fourth-order valence-corrected chi connectivity index (χ4v) is 2.45. The van der Waals surface area contributed by atoms with Gasteiger partial charge in [-0.15, -0.1) is 0 Å². The maximum absolute atomic E-state index is 4.32. The lowest BCUT2D eigenvalue weighted by atomic mass is 10.1. The molecular formula is C14H18N2S. The summed E-state index contributed by atoms with van der Waals surface area (Å²) in [4.78, 5) is 4.32. The molecule has 0 bridgehead atoms. The molecule has 0 fully saturated rings. The highest BCUT2D eigenvalue weighted by molar-refractivity contribution is 7.98. The maximum Gasteiger partial charge on any atom is 0.0702 e. The molecule has 2 aromatic rings. The van der Waals surface area contributed by atoms with Crippen LogP contribution in [-0.2, 0) is 6.54 Å². The lowest BCUT2D eigenvalue weighted by molar-refractivity contribution is 0.596. The molecule has 2 rings (SSSR count). The smallest absolute Gasteiger partial charge is 0.0702 e. The fourth-order valence-electron chi connectivity index (χ4n) is 1.84. The first-order chi connectivity index (χ1) is 8.29. The van der Waals surface area contributed by atoms with Crippen molar-refractivity contribution in [2.75, 3.05) is 12.0 Å². The van der Waals surface area contributed by atoms with Crippen LogP contribution in [0.15, 0.2) is 36.5 Å². The van der Waals surface area contributed by atoms with Gasteiger partial charge in [-0.2, -0.15) is 11.8 Å². The summed E-state index contributed by atoms with van der Waals surface area (Å²) in [7, 11) is 0. The minimum atomic E-state index is 0.551. The Labute approximate surface area is 107 Å². The van der Waals surface area contributed by atoms with Gasteiger partial charge in [0.15, 0.2) is 0 Å². The molecule has 0 radical (unpaired) electrons. The molecule has 0 saturated carbocycles. The molecule has 0 aliphatic rings. The highest BCUT2D eigenvalue weighted by atomic mass is 32.2. The van der Waals surface area contributed by atoms with Crippen LogP contribution in [0, 0.1) is 0 Å². The predicted molar refractivity (Wildman–Crippen MR) is 76.4 cm³/mol. The highest BCUT2D eigenvalue weighted by Crippen LogP contribution is 2.13. The zero-order valence-electron chi connectivity index (χ0n) is 10.3. The first-order valence-electron chi connectivity index (χ1n) is 5.85. The molecule has 0 amide bonds.